The normalized spacial score (nSPS) is 22.6. The maximum absolute atomic E-state index is 13.5. The van der Waals surface area contributed by atoms with Crippen LogP contribution in [0.4, 0.5) is 5.69 Å². The maximum atomic E-state index is 13.5. The van der Waals surface area contributed by atoms with Gasteiger partial charge in [-0.05, 0) is 55.0 Å². The van der Waals surface area contributed by atoms with E-state index in [0.29, 0.717) is 23.4 Å². The summed E-state index contributed by atoms with van der Waals surface area (Å²) in [6.07, 6.45) is 1.16. The molecule has 2 atom stereocenters. The molecule has 1 aliphatic carbocycles. The van der Waals surface area contributed by atoms with Crippen molar-refractivity contribution in [2.45, 2.75) is 46.5 Å². The van der Waals surface area contributed by atoms with E-state index in [9.17, 15) is 9.59 Å². The molecule has 0 saturated heterocycles. The van der Waals surface area contributed by atoms with Gasteiger partial charge in [-0.25, -0.2) is 0 Å². The zero-order chi connectivity index (χ0) is 22.3. The van der Waals surface area contributed by atoms with E-state index in [-0.39, 0.29) is 17.1 Å². The van der Waals surface area contributed by atoms with Crippen molar-refractivity contribution in [1.29, 1.82) is 0 Å². The molecule has 5 heteroatoms. The molecule has 160 valence electrons. The van der Waals surface area contributed by atoms with Gasteiger partial charge < -0.3 is 5.32 Å². The van der Waals surface area contributed by atoms with Crippen LogP contribution in [0.5, 0.6) is 0 Å². The molecule has 2 aliphatic rings. The first-order valence-corrected chi connectivity index (χ1v) is 11.0. The molecule has 0 aromatic heterocycles. The largest absolute Gasteiger partial charge is 0.325 e. The number of nitrogens with zero attached hydrogens (tertiary/aromatic N) is 1. The van der Waals surface area contributed by atoms with Gasteiger partial charge in [-0.15, -0.1) is 0 Å². The summed E-state index contributed by atoms with van der Waals surface area (Å²) >= 11 is 6.30. The smallest absolute Gasteiger partial charge is 0.234 e. The van der Waals surface area contributed by atoms with Gasteiger partial charge in [-0.1, -0.05) is 55.8 Å². The van der Waals surface area contributed by atoms with Crippen LogP contribution < -0.4 is 5.32 Å². The number of aliphatic imine (C=N–C) groups is 1. The Morgan fingerprint density at radius 3 is 2.55 bits per heavy atom. The van der Waals surface area contributed by atoms with Gasteiger partial charge in [0.1, 0.15) is 0 Å². The van der Waals surface area contributed by atoms with Crippen LogP contribution in [0.2, 0.25) is 5.02 Å². The number of halogens is 1. The number of Topliss-reactive ketones (excluding diaryl/α,β-unsaturated/α-hetero) is 1. The van der Waals surface area contributed by atoms with E-state index >= 15 is 0 Å². The number of aryl methyl sites for hydroxylation is 1. The molecule has 1 unspecified atom stereocenters. The highest BCUT2D eigenvalue weighted by Gasteiger charge is 2.45. The lowest BCUT2D eigenvalue weighted by Gasteiger charge is -2.39. The number of hydrogen-bond donors (Lipinski definition) is 1. The summed E-state index contributed by atoms with van der Waals surface area (Å²) in [5, 5.41) is 3.65. The van der Waals surface area contributed by atoms with Gasteiger partial charge in [0, 0.05) is 40.0 Å². The number of carbonyl (C=O) groups is 2. The van der Waals surface area contributed by atoms with Crippen molar-refractivity contribution in [3.05, 3.63) is 76.0 Å². The zero-order valence-electron chi connectivity index (χ0n) is 18.3. The number of rotatable bonds is 3. The molecule has 2 aromatic rings. The van der Waals surface area contributed by atoms with Gasteiger partial charge in [-0.3, -0.25) is 14.6 Å². The van der Waals surface area contributed by atoms with Crippen LogP contribution in [0, 0.1) is 18.3 Å². The monoisotopic (exact) mass is 434 g/mol. The Balaban J connectivity index is 1.82. The molecule has 1 N–H and O–H groups in total. The lowest BCUT2D eigenvalue weighted by Crippen LogP contribution is -2.41. The van der Waals surface area contributed by atoms with E-state index in [1.165, 1.54) is 0 Å². The lowest BCUT2D eigenvalue weighted by molar-refractivity contribution is -0.119. The molecule has 4 nitrogen and oxygen atoms in total. The Hall–Kier alpha value is -2.72. The second kappa shape index (κ2) is 8.08. The third-order valence-corrected chi connectivity index (χ3v) is 6.43. The van der Waals surface area contributed by atoms with Crippen molar-refractivity contribution in [3.63, 3.8) is 0 Å². The van der Waals surface area contributed by atoms with Crippen molar-refractivity contribution in [1.82, 2.24) is 0 Å². The number of nitrogens with one attached hydrogen (secondary N) is 1. The molecule has 1 heterocycles. The fourth-order valence-corrected chi connectivity index (χ4v) is 4.97. The van der Waals surface area contributed by atoms with Gasteiger partial charge in [-0.2, -0.15) is 0 Å². The summed E-state index contributed by atoms with van der Waals surface area (Å²) in [6.45, 7) is 8.02. The highest BCUT2D eigenvalue weighted by Crippen LogP contribution is 2.48. The minimum Gasteiger partial charge on any atom is -0.325 e. The second-order valence-corrected chi connectivity index (χ2v) is 9.81. The Bertz CT molecular complexity index is 1130. The first-order valence-electron chi connectivity index (χ1n) is 10.6. The summed E-state index contributed by atoms with van der Waals surface area (Å²) in [4.78, 5) is 31.7. The van der Waals surface area contributed by atoms with Crippen LogP contribution in [0.1, 0.15) is 50.7 Å². The molecule has 0 bridgehead atoms. The predicted octanol–water partition coefficient (Wildman–Crippen LogP) is 6.10. The highest BCUT2D eigenvalue weighted by molar-refractivity contribution is 6.30. The highest BCUT2D eigenvalue weighted by atomic mass is 35.5. The van der Waals surface area contributed by atoms with E-state index in [2.05, 4.69) is 19.2 Å². The Kier molecular flexibility index (Phi) is 5.61. The predicted molar refractivity (Wildman–Crippen MR) is 126 cm³/mol. The Morgan fingerprint density at radius 1 is 1.10 bits per heavy atom. The van der Waals surface area contributed by atoms with Crippen molar-refractivity contribution >= 4 is 34.7 Å². The molecule has 0 spiro atoms. The minimum atomic E-state index is -0.581. The van der Waals surface area contributed by atoms with Gasteiger partial charge >= 0.3 is 0 Å². The summed E-state index contributed by atoms with van der Waals surface area (Å²) in [5.74, 6) is -1.08. The number of para-hydroxylation sites is 1. The third kappa shape index (κ3) is 4.22. The Morgan fingerprint density at radius 2 is 1.84 bits per heavy atom. The number of hydrogen-bond acceptors (Lipinski definition) is 3. The molecular weight excluding hydrogens is 408 g/mol. The van der Waals surface area contributed by atoms with Crippen molar-refractivity contribution in [2.75, 3.05) is 5.32 Å². The van der Waals surface area contributed by atoms with Crippen LogP contribution in [-0.2, 0) is 9.59 Å². The van der Waals surface area contributed by atoms with E-state index in [1.54, 1.807) is 6.07 Å². The average Bonchev–Trinajstić information content (AvgIpc) is 2.67. The van der Waals surface area contributed by atoms with Crippen LogP contribution in [0.3, 0.4) is 0 Å². The fourth-order valence-electron chi connectivity index (χ4n) is 4.77. The molecule has 4 rings (SSSR count). The number of amides is 1. The van der Waals surface area contributed by atoms with E-state index < -0.39 is 11.8 Å². The quantitative estimate of drug-likeness (QED) is 0.634. The van der Waals surface area contributed by atoms with E-state index in [1.807, 2.05) is 56.3 Å². The topological polar surface area (TPSA) is 58.5 Å². The molecule has 2 aromatic carbocycles. The summed E-state index contributed by atoms with van der Waals surface area (Å²) in [5.41, 5.74) is 4.67. The van der Waals surface area contributed by atoms with Crippen molar-refractivity contribution in [2.24, 2.45) is 16.3 Å². The second-order valence-electron chi connectivity index (χ2n) is 9.37. The average molecular weight is 435 g/mol. The van der Waals surface area contributed by atoms with Crippen molar-refractivity contribution in [3.8, 4) is 0 Å². The molecule has 0 fully saturated rings. The maximum Gasteiger partial charge on any atom is 0.234 e. The summed E-state index contributed by atoms with van der Waals surface area (Å²) < 4.78 is 0. The zero-order valence-corrected chi connectivity index (χ0v) is 19.1. The molecular formula is C26H27ClN2O2. The van der Waals surface area contributed by atoms with Gasteiger partial charge in [0.05, 0.1) is 5.92 Å². The van der Waals surface area contributed by atoms with E-state index in [0.717, 1.165) is 28.2 Å². The Labute approximate surface area is 188 Å². The van der Waals surface area contributed by atoms with Gasteiger partial charge in [0.2, 0.25) is 5.91 Å². The van der Waals surface area contributed by atoms with Crippen molar-refractivity contribution < 1.29 is 9.59 Å². The number of carbonyl (C=O) groups excluding carboxylic acids is 2. The SMILES string of the molecule is CC1=NC2=C(C(=O)CC(C)(C)C2)[C@@H](c2cccc(Cl)c2)C1C(=O)Nc1ccccc1C. The molecule has 31 heavy (non-hydrogen) atoms. The van der Waals surface area contributed by atoms with Crippen LogP contribution in [0.15, 0.2) is 64.8 Å². The number of anilines is 1. The molecule has 0 radical (unpaired) electrons. The number of benzene rings is 2. The minimum absolute atomic E-state index is 0.0705. The number of ketones is 1. The fraction of sp³-hybridized carbons (Fsp3) is 0.346. The molecule has 0 saturated carbocycles. The van der Waals surface area contributed by atoms with Crippen LogP contribution in [0.25, 0.3) is 0 Å². The third-order valence-electron chi connectivity index (χ3n) is 6.20. The standard InChI is InChI=1S/C26H27ClN2O2/c1-15-8-5-6-11-19(15)29-25(31)22-16(2)28-20-13-26(3,4)14-21(30)24(20)23(22)17-9-7-10-18(27)12-17/h5-12,22-23H,13-14H2,1-4H3,(H,29,31)/t22?,23-/m0/s1. The van der Waals surface area contributed by atoms with Crippen LogP contribution in [-0.4, -0.2) is 17.4 Å². The van der Waals surface area contributed by atoms with E-state index in [4.69, 9.17) is 16.6 Å². The molecule has 1 aliphatic heterocycles. The first kappa shape index (κ1) is 21.5. The first-order chi connectivity index (χ1) is 14.7. The van der Waals surface area contributed by atoms with Gasteiger partial charge in [0.25, 0.3) is 0 Å². The molecule has 1 amide bonds. The van der Waals surface area contributed by atoms with Crippen LogP contribution >= 0.6 is 11.6 Å². The van der Waals surface area contributed by atoms with Gasteiger partial charge in [0.15, 0.2) is 5.78 Å². The summed E-state index contributed by atoms with van der Waals surface area (Å²) in [7, 11) is 0. The number of allylic oxidation sites excluding steroid dienone is 2. The summed E-state index contributed by atoms with van der Waals surface area (Å²) in [6, 6.07) is 15.1. The lowest BCUT2D eigenvalue weighted by atomic mass is 9.66.